The first-order valence-electron chi connectivity index (χ1n) is 4.86. The molecule has 1 N–H and O–H groups in total. The average molecular weight is 184 g/mol. The summed E-state index contributed by atoms with van der Waals surface area (Å²) in [7, 11) is 0. The van der Waals surface area contributed by atoms with Crippen LogP contribution in [0.5, 0.6) is 0 Å². The second-order valence-corrected chi connectivity index (χ2v) is 4.86. The maximum Gasteiger partial charge on any atom is 0.157 e. The lowest BCUT2D eigenvalue weighted by Crippen LogP contribution is -2.37. The van der Waals surface area contributed by atoms with Gasteiger partial charge in [-0.15, -0.1) is 0 Å². The van der Waals surface area contributed by atoms with E-state index >= 15 is 0 Å². The van der Waals surface area contributed by atoms with Crippen LogP contribution >= 0.6 is 11.8 Å². The highest BCUT2D eigenvalue weighted by molar-refractivity contribution is 8.14. The number of rotatable bonds is 2. The van der Waals surface area contributed by atoms with Crippen LogP contribution in [0, 0.1) is 0 Å². The van der Waals surface area contributed by atoms with E-state index in [2.05, 4.69) is 17.2 Å². The van der Waals surface area contributed by atoms with Gasteiger partial charge in [0.2, 0.25) is 0 Å². The molecule has 0 radical (unpaired) electrons. The highest BCUT2D eigenvalue weighted by Gasteiger charge is 2.23. The van der Waals surface area contributed by atoms with Crippen LogP contribution in [-0.4, -0.2) is 23.0 Å². The third kappa shape index (κ3) is 1.76. The van der Waals surface area contributed by atoms with E-state index in [9.17, 15) is 0 Å². The molecule has 1 aliphatic carbocycles. The molecule has 12 heavy (non-hydrogen) atoms. The SMILES string of the molecule is CCC1CN=C(NC2CCC2)S1. The molecule has 1 aliphatic heterocycles. The Kier molecular flexibility index (Phi) is 2.59. The number of nitrogens with one attached hydrogen (secondary N) is 1. The lowest BCUT2D eigenvalue weighted by Gasteiger charge is -2.27. The zero-order chi connectivity index (χ0) is 8.39. The molecule has 0 aromatic carbocycles. The second kappa shape index (κ2) is 3.69. The Labute approximate surface area is 78.2 Å². The summed E-state index contributed by atoms with van der Waals surface area (Å²) in [5.41, 5.74) is 0. The van der Waals surface area contributed by atoms with Gasteiger partial charge in [0.15, 0.2) is 5.17 Å². The number of aliphatic imine (C=N–C) groups is 1. The zero-order valence-corrected chi connectivity index (χ0v) is 8.36. The Hall–Kier alpha value is -0.180. The summed E-state index contributed by atoms with van der Waals surface area (Å²) in [6.07, 6.45) is 5.32. The molecule has 2 aliphatic rings. The van der Waals surface area contributed by atoms with Gasteiger partial charge in [0.25, 0.3) is 0 Å². The molecule has 0 aromatic rings. The number of nitrogens with zero attached hydrogens (tertiary/aromatic N) is 1. The summed E-state index contributed by atoms with van der Waals surface area (Å²) in [5.74, 6) is 0. The van der Waals surface area contributed by atoms with E-state index in [1.807, 2.05) is 11.8 Å². The number of hydrogen-bond donors (Lipinski definition) is 1. The molecule has 2 rings (SSSR count). The summed E-state index contributed by atoms with van der Waals surface area (Å²) in [5, 5.41) is 5.44. The zero-order valence-electron chi connectivity index (χ0n) is 7.55. The lowest BCUT2D eigenvalue weighted by molar-refractivity contribution is 0.385. The Morgan fingerprint density at radius 3 is 2.92 bits per heavy atom. The maximum absolute atomic E-state index is 4.48. The summed E-state index contributed by atoms with van der Waals surface area (Å²) in [6.45, 7) is 3.26. The van der Waals surface area contributed by atoms with Crippen LogP contribution < -0.4 is 5.32 Å². The molecule has 1 unspecified atom stereocenters. The molecule has 68 valence electrons. The molecule has 0 aromatic heterocycles. The van der Waals surface area contributed by atoms with Crippen molar-refractivity contribution in [1.82, 2.24) is 5.32 Å². The molecular weight excluding hydrogens is 168 g/mol. The Bertz CT molecular complexity index is 187. The van der Waals surface area contributed by atoms with Crippen molar-refractivity contribution in [3.8, 4) is 0 Å². The van der Waals surface area contributed by atoms with E-state index in [1.54, 1.807) is 0 Å². The van der Waals surface area contributed by atoms with Crippen molar-refractivity contribution < 1.29 is 0 Å². The predicted molar refractivity (Wildman–Crippen MR) is 54.7 cm³/mol. The highest BCUT2D eigenvalue weighted by Crippen LogP contribution is 2.25. The van der Waals surface area contributed by atoms with Gasteiger partial charge in [-0.25, -0.2) is 0 Å². The van der Waals surface area contributed by atoms with Crippen LogP contribution in [0.4, 0.5) is 0 Å². The maximum atomic E-state index is 4.48. The highest BCUT2D eigenvalue weighted by atomic mass is 32.2. The fourth-order valence-electron chi connectivity index (χ4n) is 1.44. The minimum absolute atomic E-state index is 0.742. The summed E-state index contributed by atoms with van der Waals surface area (Å²) in [4.78, 5) is 4.48. The van der Waals surface area contributed by atoms with Crippen molar-refractivity contribution in [3.05, 3.63) is 0 Å². The smallest absolute Gasteiger partial charge is 0.157 e. The normalized spacial score (nSPS) is 29.8. The van der Waals surface area contributed by atoms with Crippen LogP contribution in [0.1, 0.15) is 32.6 Å². The van der Waals surface area contributed by atoms with Crippen molar-refractivity contribution >= 4 is 16.9 Å². The molecule has 1 atom stereocenters. The molecule has 1 heterocycles. The van der Waals surface area contributed by atoms with Gasteiger partial charge in [-0.05, 0) is 25.7 Å². The monoisotopic (exact) mass is 184 g/mol. The van der Waals surface area contributed by atoms with Gasteiger partial charge in [-0.3, -0.25) is 4.99 Å². The minimum atomic E-state index is 0.742. The van der Waals surface area contributed by atoms with Crippen molar-refractivity contribution in [2.24, 2.45) is 4.99 Å². The molecule has 3 heteroatoms. The van der Waals surface area contributed by atoms with E-state index in [0.29, 0.717) is 0 Å². The molecule has 1 fully saturated rings. The number of amidine groups is 1. The average Bonchev–Trinajstić information content (AvgIpc) is 2.44. The third-order valence-electron chi connectivity index (χ3n) is 2.60. The summed E-state index contributed by atoms with van der Waals surface area (Å²) >= 11 is 1.93. The van der Waals surface area contributed by atoms with Gasteiger partial charge in [0.05, 0.1) is 6.54 Å². The standard InChI is InChI=1S/C9H16N2S/c1-2-8-6-10-9(12-8)11-7-4-3-5-7/h7-8H,2-6H2,1H3,(H,10,11). The van der Waals surface area contributed by atoms with Gasteiger partial charge >= 0.3 is 0 Å². The molecule has 0 spiro atoms. The van der Waals surface area contributed by atoms with Crippen LogP contribution in [-0.2, 0) is 0 Å². The largest absolute Gasteiger partial charge is 0.362 e. The van der Waals surface area contributed by atoms with E-state index < -0.39 is 0 Å². The van der Waals surface area contributed by atoms with Crippen molar-refractivity contribution in [2.45, 2.75) is 43.9 Å². The van der Waals surface area contributed by atoms with Crippen molar-refractivity contribution in [1.29, 1.82) is 0 Å². The predicted octanol–water partition coefficient (Wildman–Crippen LogP) is 2.01. The molecular formula is C9H16N2S. The number of thioether (sulfide) groups is 1. The third-order valence-corrected chi connectivity index (χ3v) is 3.89. The van der Waals surface area contributed by atoms with Crippen molar-refractivity contribution in [2.75, 3.05) is 6.54 Å². The first-order valence-corrected chi connectivity index (χ1v) is 5.74. The van der Waals surface area contributed by atoms with Crippen LogP contribution in [0.25, 0.3) is 0 Å². The van der Waals surface area contributed by atoms with Crippen LogP contribution in [0.15, 0.2) is 4.99 Å². The Morgan fingerprint density at radius 1 is 1.58 bits per heavy atom. The Morgan fingerprint density at radius 2 is 2.42 bits per heavy atom. The Balaban J connectivity index is 1.74. The quantitative estimate of drug-likeness (QED) is 0.710. The summed E-state index contributed by atoms with van der Waals surface area (Å²) < 4.78 is 0. The first-order chi connectivity index (χ1) is 5.88. The van der Waals surface area contributed by atoms with Gasteiger partial charge in [0, 0.05) is 11.3 Å². The first kappa shape index (κ1) is 8.42. The molecule has 1 saturated carbocycles. The molecule has 0 bridgehead atoms. The van der Waals surface area contributed by atoms with Crippen LogP contribution in [0.2, 0.25) is 0 Å². The van der Waals surface area contributed by atoms with Gasteiger partial charge in [-0.2, -0.15) is 0 Å². The van der Waals surface area contributed by atoms with Crippen molar-refractivity contribution in [3.63, 3.8) is 0 Å². The summed E-state index contributed by atoms with van der Waals surface area (Å²) in [6, 6.07) is 0.742. The second-order valence-electron chi connectivity index (χ2n) is 3.57. The van der Waals surface area contributed by atoms with Gasteiger partial charge in [-0.1, -0.05) is 18.7 Å². The van der Waals surface area contributed by atoms with E-state index in [1.165, 1.54) is 30.9 Å². The lowest BCUT2D eigenvalue weighted by atomic mass is 9.94. The van der Waals surface area contributed by atoms with E-state index in [-0.39, 0.29) is 0 Å². The fraction of sp³-hybridized carbons (Fsp3) is 0.889. The van der Waals surface area contributed by atoms with E-state index in [0.717, 1.165) is 17.8 Å². The van der Waals surface area contributed by atoms with E-state index in [4.69, 9.17) is 0 Å². The molecule has 0 amide bonds. The van der Waals surface area contributed by atoms with Gasteiger partial charge < -0.3 is 5.32 Å². The fourth-order valence-corrected chi connectivity index (χ4v) is 2.45. The van der Waals surface area contributed by atoms with Crippen LogP contribution in [0.3, 0.4) is 0 Å². The van der Waals surface area contributed by atoms with Gasteiger partial charge in [0.1, 0.15) is 0 Å². The topological polar surface area (TPSA) is 24.4 Å². The molecule has 2 nitrogen and oxygen atoms in total. The number of hydrogen-bond acceptors (Lipinski definition) is 3. The molecule has 0 saturated heterocycles. The minimum Gasteiger partial charge on any atom is -0.362 e.